The number of fused-ring (bicyclic) bond motifs is 1. The average Bonchev–Trinajstić information content (AvgIpc) is 3.51. The number of benzene rings is 3. The highest BCUT2D eigenvalue weighted by Crippen LogP contribution is 2.33. The van der Waals surface area contributed by atoms with Crippen molar-refractivity contribution in [3.05, 3.63) is 83.0 Å². The lowest BCUT2D eigenvalue weighted by Crippen LogP contribution is -2.47. The maximum atomic E-state index is 13.8. The average molecular weight is 683 g/mol. The summed E-state index contributed by atoms with van der Waals surface area (Å²) in [5.74, 6) is 0.711. The fourth-order valence-electron chi connectivity index (χ4n) is 6.30. The van der Waals surface area contributed by atoms with E-state index >= 15 is 0 Å². The van der Waals surface area contributed by atoms with Gasteiger partial charge >= 0.3 is 0 Å². The van der Waals surface area contributed by atoms with Crippen molar-refractivity contribution in [2.45, 2.75) is 39.2 Å². The van der Waals surface area contributed by atoms with Gasteiger partial charge in [0, 0.05) is 74.4 Å². The van der Waals surface area contributed by atoms with E-state index in [1.807, 2.05) is 68.5 Å². The summed E-state index contributed by atoms with van der Waals surface area (Å²) in [6.07, 6.45) is 5.01. The quantitative estimate of drug-likeness (QED) is 0.162. The van der Waals surface area contributed by atoms with Crippen molar-refractivity contribution in [1.29, 1.82) is 0 Å². The third-order valence-corrected chi connectivity index (χ3v) is 9.15. The van der Waals surface area contributed by atoms with Crippen LogP contribution in [0.2, 0.25) is 0 Å². The number of carbonyl (C=O) groups is 3. The van der Waals surface area contributed by atoms with Gasteiger partial charge in [0.05, 0.1) is 25.1 Å². The summed E-state index contributed by atoms with van der Waals surface area (Å²) in [6, 6.07) is 16.4. The molecule has 2 heterocycles. The van der Waals surface area contributed by atoms with Crippen LogP contribution in [0.25, 0.3) is 10.9 Å². The SMILES string of the molecule is COc1cc(C(=O)N(C)c2ccc(C)cc2OCCCCCC(=O)N2CCN(C)CC2)ccc1NC(=O)c1cccc2[nH]cc(CN(C)C)c12. The lowest BCUT2D eigenvalue weighted by atomic mass is 10.0. The van der Waals surface area contributed by atoms with Gasteiger partial charge in [-0.15, -0.1) is 0 Å². The second-order valence-corrected chi connectivity index (χ2v) is 13.3. The van der Waals surface area contributed by atoms with Crippen molar-refractivity contribution in [1.82, 2.24) is 19.7 Å². The Balaban J connectivity index is 1.21. The van der Waals surface area contributed by atoms with E-state index < -0.39 is 0 Å². The molecule has 1 aromatic heterocycles. The fraction of sp³-hybridized carbons (Fsp3) is 0.410. The molecule has 0 spiro atoms. The number of amides is 3. The van der Waals surface area contributed by atoms with Gasteiger partial charge in [-0.3, -0.25) is 14.4 Å². The molecule has 1 saturated heterocycles. The molecule has 11 nitrogen and oxygen atoms in total. The van der Waals surface area contributed by atoms with E-state index in [0.717, 1.165) is 67.5 Å². The Bertz CT molecular complexity index is 1810. The van der Waals surface area contributed by atoms with E-state index in [2.05, 4.69) is 27.1 Å². The van der Waals surface area contributed by atoms with E-state index in [4.69, 9.17) is 9.47 Å². The molecule has 1 fully saturated rings. The molecule has 1 aliphatic rings. The number of hydrogen-bond donors (Lipinski definition) is 2. The molecule has 0 atom stereocenters. The van der Waals surface area contributed by atoms with Crippen LogP contribution in [0.1, 0.15) is 57.5 Å². The van der Waals surface area contributed by atoms with Crippen LogP contribution in [0.3, 0.4) is 0 Å². The lowest BCUT2D eigenvalue weighted by molar-refractivity contribution is -0.132. The van der Waals surface area contributed by atoms with Gasteiger partial charge in [-0.2, -0.15) is 0 Å². The topological polar surface area (TPSA) is 110 Å². The van der Waals surface area contributed by atoms with Crippen molar-refractivity contribution >= 4 is 40.0 Å². The Morgan fingerprint density at radius 2 is 1.70 bits per heavy atom. The number of aromatic nitrogens is 1. The van der Waals surface area contributed by atoms with Crippen LogP contribution in [-0.4, -0.2) is 105 Å². The Kier molecular flexibility index (Phi) is 12.2. The molecular formula is C39H50N6O5. The molecule has 4 aromatic rings. The van der Waals surface area contributed by atoms with E-state index in [-0.39, 0.29) is 17.7 Å². The molecule has 3 aromatic carbocycles. The maximum Gasteiger partial charge on any atom is 0.258 e. The number of H-pyrrole nitrogens is 1. The number of likely N-dealkylation sites (N-methyl/N-ethyl adjacent to an activating group) is 1. The van der Waals surface area contributed by atoms with Crippen LogP contribution in [0.4, 0.5) is 11.4 Å². The zero-order valence-electron chi connectivity index (χ0n) is 30.2. The van der Waals surface area contributed by atoms with Crippen molar-refractivity contribution in [3.63, 3.8) is 0 Å². The number of hydrogen-bond acceptors (Lipinski definition) is 7. The third kappa shape index (κ3) is 8.83. The molecular weight excluding hydrogens is 632 g/mol. The van der Waals surface area contributed by atoms with Crippen molar-refractivity contribution in [2.24, 2.45) is 0 Å². The summed E-state index contributed by atoms with van der Waals surface area (Å²) in [4.78, 5) is 51.0. The van der Waals surface area contributed by atoms with E-state index in [1.165, 1.54) is 7.11 Å². The maximum absolute atomic E-state index is 13.8. The number of carbonyl (C=O) groups excluding carboxylic acids is 3. The standard InChI is InChI=1S/C39H50N6O5/c1-27-14-17-33(35(23-27)50-22-9-7-8-13-36(46)45-20-18-43(4)19-21-45)44(5)39(48)28-15-16-31(34(24-28)49-6)41-38(47)30-11-10-12-32-37(30)29(25-40-32)26-42(2)3/h10-12,14-17,23-25,40H,7-9,13,18-22,26H2,1-6H3,(H,41,47). The van der Waals surface area contributed by atoms with Gasteiger partial charge in [0.2, 0.25) is 5.91 Å². The van der Waals surface area contributed by atoms with Crippen LogP contribution in [0.5, 0.6) is 11.5 Å². The zero-order valence-corrected chi connectivity index (χ0v) is 30.2. The molecule has 0 aliphatic carbocycles. The number of unbranched alkanes of at least 4 members (excludes halogenated alkanes) is 2. The third-order valence-electron chi connectivity index (χ3n) is 9.15. The highest BCUT2D eigenvalue weighted by atomic mass is 16.5. The van der Waals surface area contributed by atoms with E-state index in [9.17, 15) is 14.4 Å². The van der Waals surface area contributed by atoms with Crippen molar-refractivity contribution < 1.29 is 23.9 Å². The van der Waals surface area contributed by atoms with Gasteiger partial charge in [-0.05, 0) is 101 Å². The number of anilines is 2. The minimum Gasteiger partial charge on any atom is -0.495 e. The number of methoxy groups -OCH3 is 1. The minimum absolute atomic E-state index is 0.232. The van der Waals surface area contributed by atoms with Crippen LogP contribution >= 0.6 is 0 Å². The summed E-state index contributed by atoms with van der Waals surface area (Å²) >= 11 is 0. The molecule has 266 valence electrons. The van der Waals surface area contributed by atoms with Gasteiger partial charge in [0.1, 0.15) is 11.5 Å². The molecule has 0 unspecified atom stereocenters. The van der Waals surface area contributed by atoms with Gasteiger partial charge < -0.3 is 39.4 Å². The molecule has 0 saturated carbocycles. The second kappa shape index (κ2) is 16.7. The fourth-order valence-corrected chi connectivity index (χ4v) is 6.30. The summed E-state index contributed by atoms with van der Waals surface area (Å²) in [5.41, 5.74) is 5.00. The van der Waals surface area contributed by atoms with Gasteiger partial charge in [-0.1, -0.05) is 12.1 Å². The number of piperazine rings is 1. The Morgan fingerprint density at radius 1 is 0.920 bits per heavy atom. The van der Waals surface area contributed by atoms with Crippen LogP contribution in [-0.2, 0) is 11.3 Å². The first kappa shape index (κ1) is 36.4. The summed E-state index contributed by atoms with van der Waals surface area (Å²) < 4.78 is 11.8. The molecule has 11 heteroatoms. The Labute approximate surface area is 295 Å². The molecule has 3 amide bonds. The monoisotopic (exact) mass is 682 g/mol. The predicted octanol–water partition coefficient (Wildman–Crippen LogP) is 5.79. The minimum atomic E-state index is -0.271. The highest BCUT2D eigenvalue weighted by Gasteiger charge is 2.22. The number of nitrogens with zero attached hydrogens (tertiary/aromatic N) is 4. The smallest absolute Gasteiger partial charge is 0.258 e. The zero-order chi connectivity index (χ0) is 35.8. The normalized spacial score (nSPS) is 13.5. The highest BCUT2D eigenvalue weighted by molar-refractivity contribution is 6.14. The first-order valence-electron chi connectivity index (χ1n) is 17.3. The van der Waals surface area contributed by atoms with Crippen molar-refractivity contribution in [2.75, 3.05) is 78.3 Å². The molecule has 50 heavy (non-hydrogen) atoms. The number of ether oxygens (including phenoxy) is 2. The summed E-state index contributed by atoms with van der Waals surface area (Å²) in [7, 11) is 9.29. The van der Waals surface area contributed by atoms with Gasteiger partial charge in [0.25, 0.3) is 11.8 Å². The predicted molar refractivity (Wildman–Crippen MR) is 199 cm³/mol. The number of nitrogens with one attached hydrogen (secondary N) is 2. The lowest BCUT2D eigenvalue weighted by Gasteiger charge is -2.32. The number of aryl methyl sites for hydroxylation is 1. The summed E-state index contributed by atoms with van der Waals surface area (Å²) in [6.45, 7) is 6.62. The van der Waals surface area contributed by atoms with Crippen LogP contribution in [0, 0.1) is 6.92 Å². The van der Waals surface area contributed by atoms with Gasteiger partial charge in [0.15, 0.2) is 0 Å². The number of aromatic amines is 1. The molecule has 1 aliphatic heterocycles. The first-order valence-corrected chi connectivity index (χ1v) is 17.3. The molecule has 0 radical (unpaired) electrons. The van der Waals surface area contributed by atoms with E-state index in [1.54, 1.807) is 30.1 Å². The van der Waals surface area contributed by atoms with Crippen LogP contribution < -0.4 is 19.7 Å². The van der Waals surface area contributed by atoms with Crippen LogP contribution in [0.15, 0.2) is 60.8 Å². The Hall–Kier alpha value is -4.87. The summed E-state index contributed by atoms with van der Waals surface area (Å²) in [5, 5.41) is 3.86. The number of rotatable bonds is 14. The van der Waals surface area contributed by atoms with E-state index in [0.29, 0.717) is 53.6 Å². The second-order valence-electron chi connectivity index (χ2n) is 13.3. The van der Waals surface area contributed by atoms with Gasteiger partial charge in [-0.25, -0.2) is 0 Å². The van der Waals surface area contributed by atoms with Crippen molar-refractivity contribution in [3.8, 4) is 11.5 Å². The molecule has 0 bridgehead atoms. The molecule has 2 N–H and O–H groups in total. The molecule has 5 rings (SSSR count). The first-order chi connectivity index (χ1) is 24.0. The Morgan fingerprint density at radius 3 is 2.44 bits per heavy atom. The largest absolute Gasteiger partial charge is 0.495 e.